The van der Waals surface area contributed by atoms with Crippen molar-refractivity contribution in [3.05, 3.63) is 23.0 Å². The first-order chi connectivity index (χ1) is 11.9. The molecule has 1 aliphatic rings. The number of aromatic hydroxyl groups is 1. The second kappa shape index (κ2) is 8.54. The minimum Gasteiger partial charge on any atom is -0.506 e. The first kappa shape index (κ1) is 18.8. The largest absolute Gasteiger partial charge is 0.506 e. The van der Waals surface area contributed by atoms with Gasteiger partial charge in [0, 0.05) is 43.1 Å². The molecule has 0 aromatic carbocycles. The number of nitrogens with zero attached hydrogens (tertiary/aromatic N) is 2. The van der Waals surface area contributed by atoms with Gasteiger partial charge in [-0.05, 0) is 19.9 Å². The standard InChI is InChI=1S/C16H21N3O6/c1-10-16(24)12(11(9-20)7-18-10)8-17-6-2-3-15(23)25-19-13(21)4-5-14(19)22/h7,17,20,24H,2-6,8-9H2,1H3. The smallest absolute Gasteiger partial charge is 0.333 e. The summed E-state index contributed by atoms with van der Waals surface area (Å²) in [6.45, 7) is 2.19. The number of pyridine rings is 1. The molecule has 25 heavy (non-hydrogen) atoms. The minimum atomic E-state index is -0.649. The van der Waals surface area contributed by atoms with Crippen LogP contribution < -0.4 is 5.32 Å². The Morgan fingerprint density at radius 1 is 1.36 bits per heavy atom. The molecule has 9 heteroatoms. The number of aliphatic hydroxyl groups excluding tert-OH is 1. The Kier molecular flexibility index (Phi) is 6.43. The van der Waals surface area contributed by atoms with E-state index >= 15 is 0 Å². The van der Waals surface area contributed by atoms with Gasteiger partial charge in [-0.15, -0.1) is 5.06 Å². The molecule has 1 saturated heterocycles. The Bertz CT molecular complexity index is 660. The molecule has 136 valence electrons. The van der Waals surface area contributed by atoms with E-state index in [1.54, 1.807) is 6.92 Å². The predicted molar refractivity (Wildman–Crippen MR) is 84.7 cm³/mol. The molecule has 0 radical (unpaired) electrons. The first-order valence-corrected chi connectivity index (χ1v) is 7.98. The van der Waals surface area contributed by atoms with E-state index in [4.69, 9.17) is 4.84 Å². The van der Waals surface area contributed by atoms with Crippen LogP contribution in [0.1, 0.15) is 42.5 Å². The van der Waals surface area contributed by atoms with Crippen molar-refractivity contribution in [1.82, 2.24) is 15.4 Å². The van der Waals surface area contributed by atoms with Crippen molar-refractivity contribution in [2.24, 2.45) is 0 Å². The Balaban J connectivity index is 1.73. The molecule has 0 bridgehead atoms. The lowest BCUT2D eigenvalue weighted by Gasteiger charge is -2.13. The maximum atomic E-state index is 11.6. The number of amides is 2. The van der Waals surface area contributed by atoms with E-state index in [0.717, 1.165) is 0 Å². The number of carbonyl (C=O) groups is 3. The van der Waals surface area contributed by atoms with Crippen LogP contribution in [0.4, 0.5) is 0 Å². The fourth-order valence-corrected chi connectivity index (χ4v) is 2.39. The van der Waals surface area contributed by atoms with Crippen LogP contribution in [0.5, 0.6) is 5.75 Å². The van der Waals surface area contributed by atoms with E-state index in [-0.39, 0.29) is 31.6 Å². The first-order valence-electron chi connectivity index (χ1n) is 7.98. The van der Waals surface area contributed by atoms with E-state index in [0.29, 0.717) is 41.4 Å². The second-order valence-corrected chi connectivity index (χ2v) is 5.68. The van der Waals surface area contributed by atoms with Gasteiger partial charge < -0.3 is 20.4 Å². The summed E-state index contributed by atoms with van der Waals surface area (Å²) in [5, 5.41) is 22.9. The summed E-state index contributed by atoms with van der Waals surface area (Å²) >= 11 is 0. The van der Waals surface area contributed by atoms with Crippen molar-refractivity contribution in [2.45, 2.75) is 45.8 Å². The van der Waals surface area contributed by atoms with Gasteiger partial charge in [-0.3, -0.25) is 14.6 Å². The summed E-state index contributed by atoms with van der Waals surface area (Å²) in [6.07, 6.45) is 2.10. The molecule has 0 atom stereocenters. The highest BCUT2D eigenvalue weighted by Gasteiger charge is 2.32. The zero-order chi connectivity index (χ0) is 18.4. The van der Waals surface area contributed by atoms with Gasteiger partial charge in [-0.1, -0.05) is 0 Å². The molecular weight excluding hydrogens is 330 g/mol. The predicted octanol–water partition coefficient (Wildman–Crippen LogP) is 0.0649. The molecule has 1 aliphatic heterocycles. The van der Waals surface area contributed by atoms with Crippen LogP contribution in [0.3, 0.4) is 0 Å². The van der Waals surface area contributed by atoms with Gasteiger partial charge in [-0.25, -0.2) is 4.79 Å². The summed E-state index contributed by atoms with van der Waals surface area (Å²) in [6, 6.07) is 0. The van der Waals surface area contributed by atoms with Crippen LogP contribution in [-0.2, 0) is 32.4 Å². The molecule has 0 unspecified atom stereocenters. The quantitative estimate of drug-likeness (QED) is 0.443. The van der Waals surface area contributed by atoms with E-state index in [1.807, 2.05) is 0 Å². The third-order valence-corrected chi connectivity index (χ3v) is 3.84. The van der Waals surface area contributed by atoms with Gasteiger partial charge in [0.05, 0.1) is 12.3 Å². The van der Waals surface area contributed by atoms with Gasteiger partial charge in [0.15, 0.2) is 0 Å². The molecule has 2 heterocycles. The number of hydrogen-bond donors (Lipinski definition) is 3. The molecule has 1 aromatic heterocycles. The number of nitrogens with one attached hydrogen (secondary N) is 1. The second-order valence-electron chi connectivity index (χ2n) is 5.68. The fourth-order valence-electron chi connectivity index (χ4n) is 2.39. The summed E-state index contributed by atoms with van der Waals surface area (Å²) in [4.78, 5) is 43.1. The van der Waals surface area contributed by atoms with Crippen LogP contribution in [0.2, 0.25) is 0 Å². The van der Waals surface area contributed by atoms with Crippen molar-refractivity contribution in [2.75, 3.05) is 6.54 Å². The maximum absolute atomic E-state index is 11.6. The number of imide groups is 1. The van der Waals surface area contributed by atoms with Crippen LogP contribution >= 0.6 is 0 Å². The lowest BCUT2D eigenvalue weighted by atomic mass is 10.1. The number of hydrogen-bond acceptors (Lipinski definition) is 8. The number of aromatic nitrogens is 1. The van der Waals surface area contributed by atoms with Crippen LogP contribution in [-0.4, -0.2) is 44.6 Å². The molecule has 0 spiro atoms. The number of hydroxylamine groups is 2. The van der Waals surface area contributed by atoms with Gasteiger partial charge in [0.2, 0.25) is 0 Å². The zero-order valence-corrected chi connectivity index (χ0v) is 13.9. The van der Waals surface area contributed by atoms with Crippen LogP contribution in [0.25, 0.3) is 0 Å². The van der Waals surface area contributed by atoms with E-state index in [9.17, 15) is 24.6 Å². The summed E-state index contributed by atoms with van der Waals surface area (Å²) in [5.41, 5.74) is 1.56. The van der Waals surface area contributed by atoms with Gasteiger partial charge >= 0.3 is 5.97 Å². The van der Waals surface area contributed by atoms with E-state index < -0.39 is 17.8 Å². The molecular formula is C16H21N3O6. The van der Waals surface area contributed by atoms with Crippen molar-refractivity contribution < 1.29 is 29.4 Å². The molecule has 9 nitrogen and oxygen atoms in total. The highest BCUT2D eigenvalue weighted by molar-refractivity contribution is 6.01. The van der Waals surface area contributed by atoms with Crippen LogP contribution in [0.15, 0.2) is 6.20 Å². The third kappa shape index (κ3) is 4.74. The Morgan fingerprint density at radius 2 is 2.04 bits per heavy atom. The van der Waals surface area contributed by atoms with Gasteiger partial charge in [0.1, 0.15) is 5.75 Å². The third-order valence-electron chi connectivity index (χ3n) is 3.84. The average molecular weight is 351 g/mol. The van der Waals surface area contributed by atoms with E-state index in [1.165, 1.54) is 6.20 Å². The maximum Gasteiger partial charge on any atom is 0.333 e. The Hall–Kier alpha value is -2.52. The Morgan fingerprint density at radius 3 is 2.68 bits per heavy atom. The molecule has 1 aromatic rings. The summed E-state index contributed by atoms with van der Waals surface area (Å²) < 4.78 is 0. The molecule has 2 rings (SSSR count). The lowest BCUT2D eigenvalue weighted by molar-refractivity contribution is -0.197. The van der Waals surface area contributed by atoms with Gasteiger partial charge in [-0.2, -0.15) is 0 Å². The molecule has 0 saturated carbocycles. The highest BCUT2D eigenvalue weighted by Crippen LogP contribution is 2.23. The van der Waals surface area contributed by atoms with Crippen molar-refractivity contribution in [3.63, 3.8) is 0 Å². The molecule has 2 amide bonds. The van der Waals surface area contributed by atoms with Crippen molar-refractivity contribution >= 4 is 17.8 Å². The zero-order valence-electron chi connectivity index (χ0n) is 13.9. The van der Waals surface area contributed by atoms with Crippen molar-refractivity contribution in [3.8, 4) is 5.75 Å². The topological polar surface area (TPSA) is 129 Å². The number of rotatable bonds is 8. The number of aliphatic hydroxyl groups is 1. The Labute approximate surface area is 144 Å². The highest BCUT2D eigenvalue weighted by atomic mass is 16.7. The van der Waals surface area contributed by atoms with Gasteiger partial charge in [0.25, 0.3) is 11.8 Å². The minimum absolute atomic E-state index is 0.0320. The number of aryl methyl sites for hydroxylation is 1. The SMILES string of the molecule is Cc1ncc(CO)c(CNCCCC(=O)ON2C(=O)CCC2=O)c1O. The number of carbonyl (C=O) groups excluding carboxylic acids is 3. The summed E-state index contributed by atoms with van der Waals surface area (Å²) in [5.74, 6) is -1.62. The molecule has 3 N–H and O–H groups in total. The van der Waals surface area contributed by atoms with Crippen LogP contribution in [0, 0.1) is 6.92 Å². The normalized spacial score (nSPS) is 14.2. The van der Waals surface area contributed by atoms with E-state index in [2.05, 4.69) is 10.3 Å². The summed E-state index contributed by atoms with van der Waals surface area (Å²) in [7, 11) is 0. The average Bonchev–Trinajstić information content (AvgIpc) is 2.90. The lowest BCUT2D eigenvalue weighted by Crippen LogP contribution is -2.32. The van der Waals surface area contributed by atoms with Crippen molar-refractivity contribution in [1.29, 1.82) is 0 Å². The molecule has 1 fully saturated rings. The monoisotopic (exact) mass is 351 g/mol. The molecule has 0 aliphatic carbocycles. The fraction of sp³-hybridized carbons (Fsp3) is 0.500.